The SMILES string of the molecule is CC1(C)CN(c2ncc([C@H]3c4[nH]c5ccc(Cl)cc5c4CCN3c3nc(C(F)(F)F)cc(C(F)(F)F)n3)cn2)CCN1. The molecule has 3 aromatic heterocycles. The molecule has 2 N–H and O–H groups in total. The van der Waals surface area contributed by atoms with Gasteiger partial charge in [-0.25, -0.2) is 19.9 Å². The molecular weight excluding hydrogens is 586 g/mol. The summed E-state index contributed by atoms with van der Waals surface area (Å²) in [5, 5.41) is 4.71. The van der Waals surface area contributed by atoms with E-state index in [1.165, 1.54) is 4.90 Å². The number of aromatic amines is 1. The van der Waals surface area contributed by atoms with E-state index in [4.69, 9.17) is 11.6 Å². The molecule has 1 atom stereocenters. The van der Waals surface area contributed by atoms with Gasteiger partial charge in [-0.3, -0.25) is 0 Å². The molecule has 0 amide bonds. The van der Waals surface area contributed by atoms with E-state index in [0.29, 0.717) is 41.7 Å². The summed E-state index contributed by atoms with van der Waals surface area (Å²) >= 11 is 6.24. The highest BCUT2D eigenvalue weighted by molar-refractivity contribution is 6.31. The van der Waals surface area contributed by atoms with E-state index in [-0.39, 0.29) is 18.2 Å². The van der Waals surface area contributed by atoms with Gasteiger partial charge in [-0.05, 0) is 50.1 Å². The second-order valence-electron chi connectivity index (χ2n) is 11.0. The predicted octanol–water partition coefficient (Wildman–Crippen LogP) is 5.78. The van der Waals surface area contributed by atoms with Crippen molar-refractivity contribution in [2.45, 2.75) is 44.2 Å². The van der Waals surface area contributed by atoms with Gasteiger partial charge in [0.2, 0.25) is 11.9 Å². The van der Waals surface area contributed by atoms with Crippen molar-refractivity contribution in [3.8, 4) is 0 Å². The number of benzene rings is 1. The Morgan fingerprint density at radius 1 is 0.929 bits per heavy atom. The van der Waals surface area contributed by atoms with E-state index in [0.717, 1.165) is 23.0 Å². The second kappa shape index (κ2) is 9.97. The lowest BCUT2D eigenvalue weighted by molar-refractivity contribution is -0.147. The monoisotopic (exact) mass is 610 g/mol. The molecule has 0 unspecified atom stereocenters. The highest BCUT2D eigenvalue weighted by Gasteiger charge is 2.42. The molecule has 5 heterocycles. The minimum atomic E-state index is -5.12. The van der Waals surface area contributed by atoms with Gasteiger partial charge >= 0.3 is 12.4 Å². The molecule has 6 rings (SSSR count). The van der Waals surface area contributed by atoms with Crippen LogP contribution in [0.4, 0.5) is 38.2 Å². The number of hydrogen-bond acceptors (Lipinski definition) is 7. The van der Waals surface area contributed by atoms with E-state index >= 15 is 0 Å². The first kappa shape index (κ1) is 28.5. The third-order valence-corrected chi connectivity index (χ3v) is 7.70. The fraction of sp³-hybridized carbons (Fsp3) is 0.407. The number of nitrogens with one attached hydrogen (secondary N) is 2. The average molecular weight is 611 g/mol. The quantitative estimate of drug-likeness (QED) is 0.285. The summed E-state index contributed by atoms with van der Waals surface area (Å²) in [6, 6.07) is 4.25. The van der Waals surface area contributed by atoms with Crippen LogP contribution in [0.5, 0.6) is 0 Å². The number of aromatic nitrogens is 5. The first-order valence-corrected chi connectivity index (χ1v) is 13.5. The zero-order chi connectivity index (χ0) is 30.0. The molecule has 0 spiro atoms. The smallest absolute Gasteiger partial charge is 0.356 e. The molecule has 4 aromatic rings. The predicted molar refractivity (Wildman–Crippen MR) is 145 cm³/mol. The standard InChI is InChI=1S/C27H25ClF6N8/c1-25(2)13-41(8-6-37-25)23-35-11-14(12-36-23)22-21-16(17-9-15(28)3-4-18(17)38-21)5-7-42(22)24-39-19(26(29,30)31)10-20(40-24)27(32,33)34/h3-4,9-12,22,37-38H,5-8,13H2,1-2H3/t22-/m0/s1. The molecule has 2 aliphatic heterocycles. The largest absolute Gasteiger partial charge is 0.433 e. The lowest BCUT2D eigenvalue weighted by Gasteiger charge is -2.39. The summed E-state index contributed by atoms with van der Waals surface area (Å²) in [5.41, 5.74) is -0.962. The highest BCUT2D eigenvalue weighted by atomic mass is 35.5. The molecule has 8 nitrogen and oxygen atoms in total. The van der Waals surface area contributed by atoms with Crippen LogP contribution >= 0.6 is 11.6 Å². The minimum Gasteiger partial charge on any atom is -0.356 e. The van der Waals surface area contributed by atoms with Gasteiger partial charge in [0.1, 0.15) is 6.04 Å². The van der Waals surface area contributed by atoms with Crippen LogP contribution in [0.15, 0.2) is 36.7 Å². The van der Waals surface area contributed by atoms with Gasteiger partial charge in [0.25, 0.3) is 0 Å². The number of fused-ring (bicyclic) bond motifs is 3. The number of H-pyrrole nitrogens is 1. The second-order valence-corrected chi connectivity index (χ2v) is 11.5. The van der Waals surface area contributed by atoms with E-state index in [2.05, 4.69) is 44.1 Å². The number of nitrogens with zero attached hydrogens (tertiary/aromatic N) is 6. The van der Waals surface area contributed by atoms with Crippen LogP contribution in [-0.4, -0.2) is 56.6 Å². The van der Waals surface area contributed by atoms with Crippen LogP contribution in [0.25, 0.3) is 10.9 Å². The molecule has 0 saturated carbocycles. The number of halogens is 7. The van der Waals surface area contributed by atoms with Crippen LogP contribution in [-0.2, 0) is 18.8 Å². The topological polar surface area (TPSA) is 85.9 Å². The summed E-state index contributed by atoms with van der Waals surface area (Å²) < 4.78 is 82.1. The molecule has 0 bridgehead atoms. The normalized spacial score (nSPS) is 19.3. The van der Waals surface area contributed by atoms with Crippen LogP contribution in [0.3, 0.4) is 0 Å². The minimum absolute atomic E-state index is 0.0312. The molecule has 15 heteroatoms. The van der Waals surface area contributed by atoms with Crippen molar-refractivity contribution in [3.05, 3.63) is 69.9 Å². The van der Waals surface area contributed by atoms with Crippen molar-refractivity contribution in [3.63, 3.8) is 0 Å². The molecule has 1 aromatic carbocycles. The zero-order valence-corrected chi connectivity index (χ0v) is 23.2. The van der Waals surface area contributed by atoms with Crippen molar-refractivity contribution < 1.29 is 26.3 Å². The average Bonchev–Trinajstić information content (AvgIpc) is 3.28. The van der Waals surface area contributed by atoms with Crippen molar-refractivity contribution in [1.29, 1.82) is 0 Å². The summed E-state index contributed by atoms with van der Waals surface area (Å²) in [5.74, 6) is -0.230. The van der Waals surface area contributed by atoms with Gasteiger partial charge < -0.3 is 20.1 Å². The Balaban J connectivity index is 1.48. The van der Waals surface area contributed by atoms with E-state index < -0.39 is 35.7 Å². The van der Waals surface area contributed by atoms with Crippen molar-refractivity contribution in [1.82, 2.24) is 30.2 Å². The summed E-state index contributed by atoms with van der Waals surface area (Å²) in [6.07, 6.45) is -6.86. The molecule has 1 fully saturated rings. The van der Waals surface area contributed by atoms with Crippen LogP contribution in [0.1, 0.15) is 48.1 Å². The number of alkyl halides is 6. The van der Waals surface area contributed by atoms with Gasteiger partial charge in [-0.2, -0.15) is 26.3 Å². The third-order valence-electron chi connectivity index (χ3n) is 7.47. The van der Waals surface area contributed by atoms with Crippen LogP contribution in [0.2, 0.25) is 5.02 Å². The van der Waals surface area contributed by atoms with E-state index in [1.54, 1.807) is 30.6 Å². The Bertz CT molecular complexity index is 1600. The highest BCUT2D eigenvalue weighted by Crippen LogP contribution is 2.42. The summed E-state index contributed by atoms with van der Waals surface area (Å²) in [4.78, 5) is 22.9. The maximum atomic E-state index is 13.7. The summed E-state index contributed by atoms with van der Waals surface area (Å²) in [6.45, 7) is 6.19. The van der Waals surface area contributed by atoms with E-state index in [9.17, 15) is 26.3 Å². The zero-order valence-electron chi connectivity index (χ0n) is 22.4. The van der Waals surface area contributed by atoms with Gasteiger partial charge in [0.15, 0.2) is 11.4 Å². The maximum Gasteiger partial charge on any atom is 0.433 e. The molecule has 1 saturated heterocycles. The molecule has 0 radical (unpaired) electrons. The van der Waals surface area contributed by atoms with E-state index in [1.807, 2.05) is 4.90 Å². The Morgan fingerprint density at radius 2 is 1.60 bits per heavy atom. The number of anilines is 2. The van der Waals surface area contributed by atoms with Crippen molar-refractivity contribution in [2.24, 2.45) is 0 Å². The van der Waals surface area contributed by atoms with Crippen LogP contribution < -0.4 is 15.1 Å². The Morgan fingerprint density at radius 3 is 2.21 bits per heavy atom. The lowest BCUT2D eigenvalue weighted by atomic mass is 9.94. The first-order valence-electron chi connectivity index (χ1n) is 13.1. The van der Waals surface area contributed by atoms with Gasteiger partial charge in [-0.1, -0.05) is 11.6 Å². The number of piperazine rings is 1. The lowest BCUT2D eigenvalue weighted by Crippen LogP contribution is -2.57. The molecular formula is C27H25ClF6N8. The first-order chi connectivity index (χ1) is 19.7. The van der Waals surface area contributed by atoms with Gasteiger partial charge in [-0.15, -0.1) is 0 Å². The Kier molecular flexibility index (Phi) is 6.76. The molecule has 2 aliphatic rings. The van der Waals surface area contributed by atoms with Crippen molar-refractivity contribution in [2.75, 3.05) is 36.0 Å². The van der Waals surface area contributed by atoms with Crippen LogP contribution in [0, 0.1) is 0 Å². The van der Waals surface area contributed by atoms with Crippen molar-refractivity contribution >= 4 is 34.4 Å². The molecule has 0 aliphatic carbocycles. The van der Waals surface area contributed by atoms with Gasteiger partial charge in [0.05, 0.1) is 0 Å². The number of rotatable bonds is 3. The third kappa shape index (κ3) is 5.33. The molecule has 222 valence electrons. The Labute approximate surface area is 241 Å². The summed E-state index contributed by atoms with van der Waals surface area (Å²) in [7, 11) is 0. The fourth-order valence-electron chi connectivity index (χ4n) is 5.62. The molecule has 42 heavy (non-hydrogen) atoms. The van der Waals surface area contributed by atoms with Gasteiger partial charge in [0, 0.05) is 71.3 Å². The number of hydrogen-bond donors (Lipinski definition) is 2. The Hall–Kier alpha value is -3.65. The maximum absolute atomic E-state index is 13.7. The fourth-order valence-corrected chi connectivity index (χ4v) is 5.80.